The van der Waals surface area contributed by atoms with Crippen LogP contribution in [0.25, 0.3) is 0 Å². The van der Waals surface area contributed by atoms with Crippen molar-refractivity contribution in [2.24, 2.45) is 0 Å². The van der Waals surface area contributed by atoms with Crippen molar-refractivity contribution in [3.8, 4) is 0 Å². The average molecular weight is 255 g/mol. The van der Waals surface area contributed by atoms with Gasteiger partial charge in [-0.05, 0) is 26.3 Å². The highest BCUT2D eigenvalue weighted by molar-refractivity contribution is 5.00. The van der Waals surface area contributed by atoms with E-state index in [-0.39, 0.29) is 5.60 Å². The SMILES string of the molecule is COCCNCc1ccnn1CCC(C)(C)OC. The van der Waals surface area contributed by atoms with Crippen LogP contribution in [0.1, 0.15) is 26.0 Å². The van der Waals surface area contributed by atoms with Crippen LogP contribution >= 0.6 is 0 Å². The third-order valence-electron chi connectivity index (χ3n) is 3.07. The maximum absolute atomic E-state index is 5.42. The monoisotopic (exact) mass is 255 g/mol. The Morgan fingerprint density at radius 1 is 1.39 bits per heavy atom. The first-order valence-electron chi connectivity index (χ1n) is 6.34. The number of aromatic nitrogens is 2. The van der Waals surface area contributed by atoms with Crippen LogP contribution in [0, 0.1) is 0 Å². The van der Waals surface area contributed by atoms with E-state index in [0.29, 0.717) is 0 Å². The van der Waals surface area contributed by atoms with Gasteiger partial charge in [-0.3, -0.25) is 4.68 Å². The molecule has 0 spiro atoms. The van der Waals surface area contributed by atoms with Gasteiger partial charge in [-0.15, -0.1) is 0 Å². The van der Waals surface area contributed by atoms with Crippen LogP contribution in [0.3, 0.4) is 0 Å². The topological polar surface area (TPSA) is 48.3 Å². The van der Waals surface area contributed by atoms with Crippen LogP contribution in [-0.4, -0.2) is 42.8 Å². The predicted octanol–water partition coefficient (Wildman–Crippen LogP) is 1.43. The Balaban J connectivity index is 2.40. The molecule has 5 heteroatoms. The van der Waals surface area contributed by atoms with Gasteiger partial charge in [0.25, 0.3) is 0 Å². The van der Waals surface area contributed by atoms with Crippen LogP contribution < -0.4 is 5.32 Å². The molecule has 1 aromatic heterocycles. The Morgan fingerprint density at radius 3 is 2.83 bits per heavy atom. The Morgan fingerprint density at radius 2 is 2.17 bits per heavy atom. The molecule has 0 fully saturated rings. The Labute approximate surface area is 109 Å². The summed E-state index contributed by atoms with van der Waals surface area (Å²) < 4.78 is 12.4. The van der Waals surface area contributed by atoms with Gasteiger partial charge < -0.3 is 14.8 Å². The quantitative estimate of drug-likeness (QED) is 0.678. The van der Waals surface area contributed by atoms with E-state index in [1.54, 1.807) is 14.2 Å². The molecule has 1 rings (SSSR count). The summed E-state index contributed by atoms with van der Waals surface area (Å²) >= 11 is 0. The summed E-state index contributed by atoms with van der Waals surface area (Å²) in [5, 5.41) is 7.67. The number of methoxy groups -OCH3 is 2. The minimum Gasteiger partial charge on any atom is -0.383 e. The molecule has 0 amide bonds. The number of nitrogens with zero attached hydrogens (tertiary/aromatic N) is 2. The van der Waals surface area contributed by atoms with E-state index < -0.39 is 0 Å². The molecule has 0 atom stereocenters. The summed E-state index contributed by atoms with van der Waals surface area (Å²) in [7, 11) is 3.45. The highest BCUT2D eigenvalue weighted by atomic mass is 16.5. The molecule has 0 aliphatic carbocycles. The number of hydrogen-bond acceptors (Lipinski definition) is 4. The third kappa shape index (κ3) is 5.16. The number of hydrogen-bond donors (Lipinski definition) is 1. The summed E-state index contributed by atoms with van der Waals surface area (Å²) in [5.41, 5.74) is 1.09. The Hall–Kier alpha value is -0.910. The number of rotatable bonds is 9. The van der Waals surface area contributed by atoms with Crippen LogP contribution in [0.4, 0.5) is 0 Å². The van der Waals surface area contributed by atoms with E-state index in [0.717, 1.165) is 32.7 Å². The standard InChI is InChI=1S/C13H25N3O2/c1-13(2,18-4)6-9-16-12(5-7-15-16)11-14-8-10-17-3/h5,7,14H,6,8-11H2,1-4H3. The van der Waals surface area contributed by atoms with Crippen molar-refractivity contribution in [3.63, 3.8) is 0 Å². The second-order valence-corrected chi connectivity index (χ2v) is 4.93. The minimum absolute atomic E-state index is 0.104. The first-order chi connectivity index (χ1) is 8.59. The Bertz CT molecular complexity index is 337. The first-order valence-corrected chi connectivity index (χ1v) is 6.34. The first kappa shape index (κ1) is 15.1. The minimum atomic E-state index is -0.104. The molecule has 1 N–H and O–H groups in total. The fraction of sp³-hybridized carbons (Fsp3) is 0.769. The largest absolute Gasteiger partial charge is 0.383 e. The number of nitrogens with one attached hydrogen (secondary N) is 1. The van der Waals surface area contributed by atoms with Crippen molar-refractivity contribution in [2.45, 2.75) is 39.0 Å². The van der Waals surface area contributed by atoms with Crippen molar-refractivity contribution in [1.29, 1.82) is 0 Å². The van der Waals surface area contributed by atoms with Gasteiger partial charge in [-0.2, -0.15) is 5.10 Å². The van der Waals surface area contributed by atoms with Gasteiger partial charge in [-0.1, -0.05) is 0 Å². The lowest BCUT2D eigenvalue weighted by Crippen LogP contribution is -2.26. The van der Waals surface area contributed by atoms with E-state index in [1.165, 1.54) is 5.69 Å². The van der Waals surface area contributed by atoms with Crippen molar-refractivity contribution < 1.29 is 9.47 Å². The number of aryl methyl sites for hydroxylation is 1. The van der Waals surface area contributed by atoms with Crippen LogP contribution in [-0.2, 0) is 22.6 Å². The molecule has 0 saturated carbocycles. The van der Waals surface area contributed by atoms with Gasteiger partial charge in [0.05, 0.1) is 17.9 Å². The maximum atomic E-state index is 5.42. The molecule has 0 bridgehead atoms. The molecule has 0 aliphatic heterocycles. The molecule has 0 radical (unpaired) electrons. The van der Waals surface area contributed by atoms with Gasteiger partial charge in [0.2, 0.25) is 0 Å². The van der Waals surface area contributed by atoms with E-state index in [4.69, 9.17) is 9.47 Å². The zero-order valence-corrected chi connectivity index (χ0v) is 11.9. The molecule has 18 heavy (non-hydrogen) atoms. The molecule has 1 aromatic rings. The fourth-order valence-corrected chi connectivity index (χ4v) is 1.58. The lowest BCUT2D eigenvalue weighted by atomic mass is 10.1. The zero-order valence-electron chi connectivity index (χ0n) is 11.9. The van der Waals surface area contributed by atoms with Crippen molar-refractivity contribution in [1.82, 2.24) is 15.1 Å². The van der Waals surface area contributed by atoms with Gasteiger partial charge in [0.1, 0.15) is 0 Å². The van der Waals surface area contributed by atoms with Gasteiger partial charge in [0.15, 0.2) is 0 Å². The van der Waals surface area contributed by atoms with Crippen molar-refractivity contribution >= 4 is 0 Å². The highest BCUT2D eigenvalue weighted by Crippen LogP contribution is 2.14. The van der Waals surface area contributed by atoms with Crippen LogP contribution in [0.15, 0.2) is 12.3 Å². The summed E-state index contributed by atoms with van der Waals surface area (Å²) in [4.78, 5) is 0. The molecule has 0 saturated heterocycles. The zero-order chi connectivity index (χ0) is 13.4. The van der Waals surface area contributed by atoms with Crippen molar-refractivity contribution in [3.05, 3.63) is 18.0 Å². The van der Waals surface area contributed by atoms with Gasteiger partial charge >= 0.3 is 0 Å². The normalized spacial score (nSPS) is 12.0. The molecule has 0 aromatic carbocycles. The molecule has 0 aliphatic rings. The molecule has 0 unspecified atom stereocenters. The molecular weight excluding hydrogens is 230 g/mol. The smallest absolute Gasteiger partial charge is 0.0640 e. The van der Waals surface area contributed by atoms with E-state index in [1.807, 2.05) is 16.9 Å². The van der Waals surface area contributed by atoms with Gasteiger partial charge in [0, 0.05) is 40.1 Å². The third-order valence-corrected chi connectivity index (χ3v) is 3.07. The second-order valence-electron chi connectivity index (χ2n) is 4.93. The summed E-state index contributed by atoms with van der Waals surface area (Å²) in [6.45, 7) is 7.45. The predicted molar refractivity (Wildman–Crippen MR) is 71.5 cm³/mol. The molecular formula is C13H25N3O2. The fourth-order valence-electron chi connectivity index (χ4n) is 1.58. The average Bonchev–Trinajstić information content (AvgIpc) is 2.80. The summed E-state index contributed by atoms with van der Waals surface area (Å²) in [5.74, 6) is 0. The highest BCUT2D eigenvalue weighted by Gasteiger charge is 2.16. The van der Waals surface area contributed by atoms with E-state index in [2.05, 4.69) is 24.3 Å². The van der Waals surface area contributed by atoms with E-state index in [9.17, 15) is 0 Å². The summed E-state index contributed by atoms with van der Waals surface area (Å²) in [6, 6.07) is 2.04. The number of ether oxygens (including phenoxy) is 2. The van der Waals surface area contributed by atoms with Crippen LogP contribution in [0.5, 0.6) is 0 Å². The lowest BCUT2D eigenvalue weighted by molar-refractivity contribution is 0.0111. The molecule has 5 nitrogen and oxygen atoms in total. The van der Waals surface area contributed by atoms with Crippen LogP contribution in [0.2, 0.25) is 0 Å². The van der Waals surface area contributed by atoms with E-state index >= 15 is 0 Å². The van der Waals surface area contributed by atoms with Crippen molar-refractivity contribution in [2.75, 3.05) is 27.4 Å². The second kappa shape index (κ2) is 7.51. The molecule has 104 valence electrons. The maximum Gasteiger partial charge on any atom is 0.0640 e. The molecule has 1 heterocycles. The summed E-state index contributed by atoms with van der Waals surface area (Å²) in [6.07, 6.45) is 2.78. The Kier molecular flexibility index (Phi) is 6.32. The van der Waals surface area contributed by atoms with Gasteiger partial charge in [-0.25, -0.2) is 0 Å². The lowest BCUT2D eigenvalue weighted by Gasteiger charge is -2.23.